The highest BCUT2D eigenvalue weighted by molar-refractivity contribution is 6.30. The molecule has 270 valence electrons. The Bertz CT molecular complexity index is 2770. The number of H-pyrrole nitrogens is 1. The van der Waals surface area contributed by atoms with Crippen LogP contribution in [0, 0.1) is 0 Å². The van der Waals surface area contributed by atoms with Gasteiger partial charge in [0, 0.05) is 17.1 Å². The van der Waals surface area contributed by atoms with Crippen LogP contribution in [0.25, 0.3) is 22.1 Å². The number of halogens is 2. The zero-order valence-corrected chi connectivity index (χ0v) is 29.3. The monoisotopic (exact) mass is 758 g/mol. The maximum absolute atomic E-state index is 12.5. The van der Waals surface area contributed by atoms with Gasteiger partial charge in [-0.25, -0.2) is 28.9 Å². The second-order valence-corrected chi connectivity index (χ2v) is 12.6. The van der Waals surface area contributed by atoms with Crippen molar-refractivity contribution in [1.29, 1.82) is 0 Å². The van der Waals surface area contributed by atoms with E-state index in [1.807, 2.05) is 24.3 Å². The average molecular weight is 760 g/mol. The smallest absolute Gasteiger partial charge is 0.390 e. The maximum atomic E-state index is 12.5. The fourth-order valence-electron chi connectivity index (χ4n) is 5.34. The Morgan fingerprint density at radius 2 is 1.21 bits per heavy atom. The summed E-state index contributed by atoms with van der Waals surface area (Å²) in [5, 5.41) is 17.7. The fourth-order valence-corrected chi connectivity index (χ4v) is 5.59. The van der Waals surface area contributed by atoms with Gasteiger partial charge < -0.3 is 18.4 Å². The molecule has 0 aliphatic rings. The highest BCUT2D eigenvalue weighted by atomic mass is 35.5. The van der Waals surface area contributed by atoms with E-state index in [4.69, 9.17) is 32.0 Å². The fraction of sp³-hybridized carbons (Fsp3) is 0.212. The molecule has 8 rings (SSSR count). The molecule has 2 aromatic carbocycles. The summed E-state index contributed by atoms with van der Waals surface area (Å²) in [6.45, 7) is 0.617. The lowest BCUT2D eigenvalue weighted by atomic mass is 10.1. The number of nitrogens with one attached hydrogen (secondary N) is 1. The van der Waals surface area contributed by atoms with Gasteiger partial charge >= 0.3 is 11.5 Å². The molecule has 0 aliphatic carbocycles. The minimum Gasteiger partial charge on any atom is -0.390 e. The molecule has 8 aromatic rings. The van der Waals surface area contributed by atoms with Crippen molar-refractivity contribution in [2.75, 3.05) is 0 Å². The van der Waals surface area contributed by atoms with Crippen molar-refractivity contribution >= 4 is 45.3 Å². The van der Waals surface area contributed by atoms with Gasteiger partial charge in [-0.15, -0.1) is 10.2 Å². The molecule has 1 N–H and O–H groups in total. The Morgan fingerprint density at radius 1 is 0.679 bits per heavy atom. The van der Waals surface area contributed by atoms with E-state index in [0.29, 0.717) is 52.5 Å². The molecule has 0 unspecified atom stereocenters. The number of aryl methyl sites for hydroxylation is 5. The van der Waals surface area contributed by atoms with Gasteiger partial charge in [0.1, 0.15) is 24.1 Å². The number of aromatic amines is 1. The Labute approximate surface area is 306 Å². The van der Waals surface area contributed by atoms with Crippen LogP contribution >= 0.6 is 23.2 Å². The van der Waals surface area contributed by atoms with E-state index in [9.17, 15) is 19.2 Å². The first-order valence-electron chi connectivity index (χ1n) is 16.0. The highest BCUT2D eigenvalue weighted by Gasteiger charge is 2.15. The third kappa shape index (κ3) is 7.92. The Hall–Kier alpha value is -6.40. The minimum atomic E-state index is -0.581. The second kappa shape index (κ2) is 15.1. The summed E-state index contributed by atoms with van der Waals surface area (Å²) in [5.41, 5.74) is 3.07. The van der Waals surface area contributed by atoms with E-state index in [1.54, 1.807) is 42.2 Å². The first-order chi connectivity index (χ1) is 25.6. The topological polar surface area (TPSA) is 212 Å². The molecular weight excluding hydrogens is 731 g/mol. The van der Waals surface area contributed by atoms with E-state index in [0.717, 1.165) is 15.8 Å². The van der Waals surface area contributed by atoms with Crippen LogP contribution in [-0.4, -0.2) is 58.6 Å². The molecule has 20 heteroatoms. The van der Waals surface area contributed by atoms with Gasteiger partial charge in [0.05, 0.1) is 43.7 Å². The van der Waals surface area contributed by atoms with Crippen LogP contribution in [0.5, 0.6) is 0 Å². The van der Waals surface area contributed by atoms with E-state index in [1.165, 1.54) is 32.8 Å². The van der Waals surface area contributed by atoms with Gasteiger partial charge in [0.25, 0.3) is 11.1 Å². The van der Waals surface area contributed by atoms with Crippen LogP contribution in [0.15, 0.2) is 102 Å². The number of imidazole rings is 2. The van der Waals surface area contributed by atoms with Crippen LogP contribution in [0.1, 0.15) is 22.9 Å². The quantitative estimate of drug-likeness (QED) is 0.213. The molecule has 0 radical (unpaired) electrons. The van der Waals surface area contributed by atoms with Crippen molar-refractivity contribution in [2.24, 2.45) is 7.05 Å². The third-order valence-electron chi connectivity index (χ3n) is 8.07. The van der Waals surface area contributed by atoms with Crippen molar-refractivity contribution in [1.82, 2.24) is 58.6 Å². The number of benzene rings is 2. The van der Waals surface area contributed by atoms with Gasteiger partial charge in [0.2, 0.25) is 11.8 Å². The van der Waals surface area contributed by atoms with Gasteiger partial charge in [-0.05, 0) is 48.2 Å². The molecule has 0 saturated carbocycles. The number of fused-ring (bicyclic) bond motifs is 2. The van der Waals surface area contributed by atoms with Crippen LogP contribution in [-0.2, 0) is 46.1 Å². The molecule has 18 nitrogen and oxygen atoms in total. The largest absolute Gasteiger partial charge is 0.437 e. The van der Waals surface area contributed by atoms with E-state index < -0.39 is 11.5 Å². The van der Waals surface area contributed by atoms with Crippen molar-refractivity contribution < 1.29 is 8.83 Å². The standard InChI is InChI=1S/C17H15ClN6O3.C16H13ClN6O3/c1-22-10-19-13-8-20-24(16(25)15(13)22)9-14-21-23(17(26)27-14)7-6-11-2-4-12(18)5-3-11;17-11-3-1-10(2-4-11)5-6-22-16(25)26-13(21-22)8-23-15(24)14-12(7-20-23)18-9-19-14/h2-5,8,10H,6-7,9H2,1H3;1-4,7,9H,5-6,8H2,(H,18,19). The number of rotatable bonds is 10. The molecule has 6 heterocycles. The summed E-state index contributed by atoms with van der Waals surface area (Å²) in [7, 11) is 1.73. The SMILES string of the molecule is Cn1cnc2cnn(Cc3nn(CCc4ccc(Cl)cc4)c(=O)o3)c(=O)c21.O=c1oc(Cn2ncc3[nH]cnc3c2=O)nn1CCc1ccc(Cl)cc1. The Morgan fingerprint density at radius 3 is 1.77 bits per heavy atom. The van der Waals surface area contributed by atoms with E-state index in [2.05, 4.69) is 35.3 Å². The van der Waals surface area contributed by atoms with Crippen molar-refractivity contribution in [3.63, 3.8) is 0 Å². The van der Waals surface area contributed by atoms with Crippen LogP contribution < -0.4 is 22.6 Å². The van der Waals surface area contributed by atoms with Crippen molar-refractivity contribution in [3.05, 3.63) is 148 Å². The van der Waals surface area contributed by atoms with E-state index in [-0.39, 0.29) is 41.5 Å². The minimum absolute atomic E-state index is 0.0386. The van der Waals surface area contributed by atoms with Crippen molar-refractivity contribution in [2.45, 2.75) is 39.0 Å². The molecule has 0 atom stereocenters. The highest BCUT2D eigenvalue weighted by Crippen LogP contribution is 2.12. The molecule has 0 aliphatic heterocycles. The summed E-state index contributed by atoms with van der Waals surface area (Å²) in [6.07, 6.45) is 7.14. The van der Waals surface area contributed by atoms with Crippen LogP contribution in [0.3, 0.4) is 0 Å². The number of aromatic nitrogens is 12. The Balaban J connectivity index is 0.000000164. The number of nitrogens with zero attached hydrogens (tertiary/aromatic N) is 11. The van der Waals surface area contributed by atoms with Crippen LogP contribution in [0.2, 0.25) is 10.0 Å². The lowest BCUT2D eigenvalue weighted by Crippen LogP contribution is -2.24. The van der Waals surface area contributed by atoms with Gasteiger partial charge in [-0.1, -0.05) is 47.5 Å². The van der Waals surface area contributed by atoms with Gasteiger partial charge in [0.15, 0.2) is 5.52 Å². The average Bonchev–Trinajstić information content (AvgIpc) is 3.94. The molecule has 0 spiro atoms. The normalized spacial score (nSPS) is 11.3. The predicted octanol–water partition coefficient (Wildman–Crippen LogP) is 2.44. The Kier molecular flexibility index (Phi) is 9.95. The zero-order chi connectivity index (χ0) is 37.1. The van der Waals surface area contributed by atoms with Crippen molar-refractivity contribution in [3.8, 4) is 0 Å². The summed E-state index contributed by atoms with van der Waals surface area (Å²) in [6, 6.07) is 14.7. The maximum Gasteiger partial charge on any atom is 0.437 e. The van der Waals surface area contributed by atoms with Crippen LogP contribution in [0.4, 0.5) is 0 Å². The summed E-state index contributed by atoms with van der Waals surface area (Å²) in [4.78, 5) is 59.6. The predicted molar refractivity (Wildman–Crippen MR) is 191 cm³/mol. The second-order valence-electron chi connectivity index (χ2n) is 11.7. The summed E-state index contributed by atoms with van der Waals surface area (Å²) < 4.78 is 16.7. The summed E-state index contributed by atoms with van der Waals surface area (Å²) in [5.74, 6) is -0.931. The number of hydrogen-bond donors (Lipinski definition) is 1. The zero-order valence-electron chi connectivity index (χ0n) is 27.8. The molecule has 0 bridgehead atoms. The lowest BCUT2D eigenvalue weighted by molar-refractivity contribution is 0.425. The van der Waals surface area contributed by atoms with Gasteiger partial charge in [-0.3, -0.25) is 9.59 Å². The number of hydrogen-bond acceptors (Lipinski definition) is 12. The summed E-state index contributed by atoms with van der Waals surface area (Å²) >= 11 is 11.7. The molecule has 53 heavy (non-hydrogen) atoms. The molecule has 0 fully saturated rings. The first-order valence-corrected chi connectivity index (χ1v) is 16.8. The first kappa shape index (κ1) is 35.0. The van der Waals surface area contributed by atoms with E-state index >= 15 is 0 Å². The molecular formula is C33H28Cl2N12O6. The lowest BCUT2D eigenvalue weighted by Gasteiger charge is -2.02. The van der Waals surface area contributed by atoms with Gasteiger partial charge in [-0.2, -0.15) is 19.6 Å². The third-order valence-corrected chi connectivity index (χ3v) is 8.58. The molecule has 0 saturated heterocycles. The molecule has 6 aromatic heterocycles. The molecule has 0 amide bonds.